The van der Waals surface area contributed by atoms with Crippen molar-refractivity contribution in [3.63, 3.8) is 0 Å². The van der Waals surface area contributed by atoms with Crippen LogP contribution in [-0.4, -0.2) is 46.8 Å². The molecule has 1 fully saturated rings. The largest absolute Gasteiger partial charge is 0.378 e. The minimum atomic E-state index is -0.163. The second-order valence-electron chi connectivity index (χ2n) is 5.96. The van der Waals surface area contributed by atoms with Crippen molar-refractivity contribution >= 4 is 22.9 Å². The van der Waals surface area contributed by atoms with Gasteiger partial charge in [0.25, 0.3) is 5.91 Å². The topological polar surface area (TPSA) is 71.8 Å². The number of anilines is 2. The fourth-order valence-electron chi connectivity index (χ4n) is 3.01. The Balaban J connectivity index is 1.59. The molecule has 1 amide bonds. The van der Waals surface area contributed by atoms with Crippen molar-refractivity contribution in [1.82, 2.24) is 14.6 Å². The Labute approximate surface area is 145 Å². The SMILES string of the molecule is Cc1nnc2cc(C(=O)Nc3ccccc3N3CCOCC3)ccn12. The zero-order valence-electron chi connectivity index (χ0n) is 14.0. The molecule has 1 aromatic carbocycles. The molecule has 3 heterocycles. The van der Waals surface area contributed by atoms with E-state index in [1.807, 2.05) is 41.8 Å². The summed E-state index contributed by atoms with van der Waals surface area (Å²) in [6.45, 7) is 4.91. The normalized spacial score (nSPS) is 14.7. The quantitative estimate of drug-likeness (QED) is 0.793. The number of aryl methyl sites for hydroxylation is 1. The summed E-state index contributed by atoms with van der Waals surface area (Å²) in [5.41, 5.74) is 3.02. The number of carbonyl (C=O) groups excluding carboxylic acids is 1. The second kappa shape index (κ2) is 6.52. The number of hydrogen-bond acceptors (Lipinski definition) is 5. The lowest BCUT2D eigenvalue weighted by molar-refractivity contribution is 0.102. The van der Waals surface area contributed by atoms with Gasteiger partial charge in [0.1, 0.15) is 5.82 Å². The van der Waals surface area contributed by atoms with Gasteiger partial charge < -0.3 is 15.0 Å². The molecule has 0 saturated carbocycles. The average Bonchev–Trinajstić information content (AvgIpc) is 3.03. The summed E-state index contributed by atoms with van der Waals surface area (Å²) in [4.78, 5) is 14.9. The summed E-state index contributed by atoms with van der Waals surface area (Å²) in [6.07, 6.45) is 1.81. The maximum atomic E-state index is 12.7. The van der Waals surface area contributed by atoms with E-state index in [-0.39, 0.29) is 5.91 Å². The first-order chi connectivity index (χ1) is 12.2. The number of aromatic nitrogens is 3. The van der Waals surface area contributed by atoms with Crippen LogP contribution in [0.3, 0.4) is 0 Å². The highest BCUT2D eigenvalue weighted by Crippen LogP contribution is 2.26. The third kappa shape index (κ3) is 3.06. The molecule has 1 saturated heterocycles. The molecule has 3 aromatic rings. The molecule has 7 heteroatoms. The van der Waals surface area contributed by atoms with E-state index < -0.39 is 0 Å². The Hall–Kier alpha value is -2.93. The van der Waals surface area contributed by atoms with E-state index in [9.17, 15) is 4.79 Å². The van der Waals surface area contributed by atoms with Gasteiger partial charge in [-0.05, 0) is 31.2 Å². The number of nitrogens with zero attached hydrogens (tertiary/aromatic N) is 4. The number of benzene rings is 1. The summed E-state index contributed by atoms with van der Waals surface area (Å²) in [6, 6.07) is 11.4. The van der Waals surface area contributed by atoms with E-state index >= 15 is 0 Å². The molecule has 0 radical (unpaired) electrons. The van der Waals surface area contributed by atoms with Crippen LogP contribution in [0.5, 0.6) is 0 Å². The van der Waals surface area contributed by atoms with Crippen molar-refractivity contribution < 1.29 is 9.53 Å². The minimum Gasteiger partial charge on any atom is -0.378 e. The molecule has 25 heavy (non-hydrogen) atoms. The number of hydrogen-bond donors (Lipinski definition) is 1. The zero-order chi connectivity index (χ0) is 17.2. The first-order valence-electron chi connectivity index (χ1n) is 8.27. The van der Waals surface area contributed by atoms with Gasteiger partial charge in [-0.25, -0.2) is 0 Å². The number of morpholine rings is 1. The minimum absolute atomic E-state index is 0.163. The number of carbonyl (C=O) groups is 1. The van der Waals surface area contributed by atoms with Crippen LogP contribution in [0.15, 0.2) is 42.6 Å². The summed E-state index contributed by atoms with van der Waals surface area (Å²) >= 11 is 0. The van der Waals surface area contributed by atoms with Gasteiger partial charge in [-0.15, -0.1) is 10.2 Å². The third-order valence-corrected chi connectivity index (χ3v) is 4.35. The van der Waals surface area contributed by atoms with Crippen molar-refractivity contribution in [1.29, 1.82) is 0 Å². The van der Waals surface area contributed by atoms with E-state index in [0.717, 1.165) is 30.3 Å². The molecule has 1 aliphatic rings. The molecule has 0 atom stereocenters. The molecule has 0 unspecified atom stereocenters. The van der Waals surface area contributed by atoms with Gasteiger partial charge in [0.15, 0.2) is 5.65 Å². The zero-order valence-corrected chi connectivity index (χ0v) is 14.0. The highest BCUT2D eigenvalue weighted by Gasteiger charge is 2.16. The molecule has 128 valence electrons. The number of amides is 1. The number of nitrogens with one attached hydrogen (secondary N) is 1. The van der Waals surface area contributed by atoms with Crippen LogP contribution < -0.4 is 10.2 Å². The van der Waals surface area contributed by atoms with Crippen LogP contribution in [0.2, 0.25) is 0 Å². The van der Waals surface area contributed by atoms with E-state index in [0.29, 0.717) is 24.4 Å². The molecular formula is C18H19N5O2. The second-order valence-corrected chi connectivity index (χ2v) is 5.96. The van der Waals surface area contributed by atoms with Crippen LogP contribution in [-0.2, 0) is 4.74 Å². The van der Waals surface area contributed by atoms with E-state index in [1.165, 1.54) is 0 Å². The Kier molecular flexibility index (Phi) is 4.07. The molecule has 0 spiro atoms. The van der Waals surface area contributed by atoms with Crippen molar-refractivity contribution in [2.45, 2.75) is 6.92 Å². The number of rotatable bonds is 3. The number of pyridine rings is 1. The monoisotopic (exact) mass is 337 g/mol. The fourth-order valence-corrected chi connectivity index (χ4v) is 3.01. The van der Waals surface area contributed by atoms with Gasteiger partial charge in [-0.2, -0.15) is 0 Å². The molecule has 1 aliphatic heterocycles. The number of fused-ring (bicyclic) bond motifs is 1. The highest BCUT2D eigenvalue weighted by atomic mass is 16.5. The predicted octanol–water partition coefficient (Wildman–Crippen LogP) is 2.13. The van der Waals surface area contributed by atoms with Gasteiger partial charge >= 0.3 is 0 Å². The Morgan fingerprint density at radius 3 is 2.80 bits per heavy atom. The van der Waals surface area contributed by atoms with E-state index in [1.54, 1.807) is 12.1 Å². The van der Waals surface area contributed by atoms with Gasteiger partial charge in [0, 0.05) is 24.8 Å². The van der Waals surface area contributed by atoms with Crippen LogP contribution in [0, 0.1) is 6.92 Å². The van der Waals surface area contributed by atoms with E-state index in [2.05, 4.69) is 20.4 Å². The lowest BCUT2D eigenvalue weighted by atomic mass is 10.2. The van der Waals surface area contributed by atoms with Crippen molar-refractivity contribution in [2.75, 3.05) is 36.5 Å². The third-order valence-electron chi connectivity index (χ3n) is 4.35. The first kappa shape index (κ1) is 15.6. The standard InChI is InChI=1S/C18H19N5O2/c1-13-20-21-17-12-14(6-7-23(13)17)18(24)19-15-4-2-3-5-16(15)22-8-10-25-11-9-22/h2-7,12H,8-11H2,1H3,(H,19,24). The van der Waals surface area contributed by atoms with Crippen molar-refractivity contribution in [3.8, 4) is 0 Å². The van der Waals surface area contributed by atoms with Crippen LogP contribution >= 0.6 is 0 Å². The Morgan fingerprint density at radius 1 is 1.16 bits per heavy atom. The van der Waals surface area contributed by atoms with Gasteiger partial charge in [-0.1, -0.05) is 12.1 Å². The maximum Gasteiger partial charge on any atom is 0.255 e. The maximum absolute atomic E-state index is 12.7. The molecule has 7 nitrogen and oxygen atoms in total. The van der Waals surface area contributed by atoms with Crippen LogP contribution in [0.1, 0.15) is 16.2 Å². The highest BCUT2D eigenvalue weighted by molar-refractivity contribution is 6.06. The smallest absolute Gasteiger partial charge is 0.255 e. The Morgan fingerprint density at radius 2 is 1.96 bits per heavy atom. The van der Waals surface area contributed by atoms with Gasteiger partial charge in [0.2, 0.25) is 0 Å². The molecular weight excluding hydrogens is 318 g/mol. The fraction of sp³-hybridized carbons (Fsp3) is 0.278. The Bertz CT molecular complexity index is 915. The molecule has 4 rings (SSSR count). The van der Waals surface area contributed by atoms with Crippen LogP contribution in [0.25, 0.3) is 5.65 Å². The molecule has 2 aromatic heterocycles. The summed E-state index contributed by atoms with van der Waals surface area (Å²) in [5.74, 6) is 0.628. The number of ether oxygens (including phenoxy) is 1. The number of para-hydroxylation sites is 2. The molecule has 1 N–H and O–H groups in total. The first-order valence-corrected chi connectivity index (χ1v) is 8.27. The van der Waals surface area contributed by atoms with Crippen molar-refractivity contribution in [3.05, 3.63) is 54.0 Å². The predicted molar refractivity (Wildman–Crippen MR) is 95.2 cm³/mol. The molecule has 0 aliphatic carbocycles. The van der Waals surface area contributed by atoms with Crippen molar-refractivity contribution in [2.24, 2.45) is 0 Å². The lowest BCUT2D eigenvalue weighted by Gasteiger charge is -2.30. The summed E-state index contributed by atoms with van der Waals surface area (Å²) in [7, 11) is 0. The van der Waals surface area contributed by atoms with E-state index in [4.69, 9.17) is 4.74 Å². The summed E-state index contributed by atoms with van der Waals surface area (Å²) < 4.78 is 7.26. The summed E-state index contributed by atoms with van der Waals surface area (Å²) in [5, 5.41) is 11.1. The van der Waals surface area contributed by atoms with Gasteiger partial charge in [0.05, 0.1) is 24.6 Å². The lowest BCUT2D eigenvalue weighted by Crippen LogP contribution is -2.36. The van der Waals surface area contributed by atoms with Gasteiger partial charge in [-0.3, -0.25) is 9.20 Å². The average molecular weight is 337 g/mol. The van der Waals surface area contributed by atoms with Crippen LogP contribution in [0.4, 0.5) is 11.4 Å². The molecule has 0 bridgehead atoms.